The number of nitrogens with zero attached hydrogens (tertiary/aromatic N) is 5. The fraction of sp³-hybridized carbons (Fsp3) is 0. The van der Waals surface area contributed by atoms with E-state index in [1.54, 1.807) is 0 Å². The highest BCUT2D eigenvalue weighted by atomic mass is 15.2. The smallest absolute Gasteiger partial charge is 0.238 e. The van der Waals surface area contributed by atoms with Gasteiger partial charge in [-0.15, -0.1) is 0 Å². The summed E-state index contributed by atoms with van der Waals surface area (Å²) in [6.45, 7) is 0. The van der Waals surface area contributed by atoms with E-state index in [4.69, 9.17) is 15.0 Å². The molecule has 0 aliphatic carbocycles. The number of para-hydroxylation sites is 3. The highest BCUT2D eigenvalue weighted by Gasteiger charge is 2.30. The summed E-state index contributed by atoms with van der Waals surface area (Å²) in [5.74, 6) is 1.75. The van der Waals surface area contributed by atoms with Crippen molar-refractivity contribution < 1.29 is 0 Å². The number of hydrogen-bond acceptors (Lipinski definition) is 3. The highest BCUT2D eigenvalue weighted by molar-refractivity contribution is 6.33. The quantitative estimate of drug-likeness (QED) is 0.153. The number of aromatic nitrogens is 5. The van der Waals surface area contributed by atoms with Gasteiger partial charge in [-0.25, -0.2) is 4.98 Å². The lowest BCUT2D eigenvalue weighted by Crippen LogP contribution is -2.07. The standard InChI is InChI=1S/C63H41N5/c1-6-20-42(21-7-1)44-34-38-46(39-35-44)55-56(47-40-36-45(37-41-47)43-22-8-2-9-23-43)58-52-31-17-19-33-54(52)68(60(58)59-57(55)51-30-16-18-32-53(51)67(59)50-28-14-5-15-29-50)63-65-61(48-24-10-3-11-25-48)64-62(66-63)49-26-12-4-13-27-49/h1-41H. The predicted molar refractivity (Wildman–Crippen MR) is 281 cm³/mol. The minimum atomic E-state index is 0.542. The van der Waals surface area contributed by atoms with E-state index in [0.717, 1.165) is 82.7 Å². The molecule has 0 amide bonds. The van der Waals surface area contributed by atoms with Crippen LogP contribution in [0.2, 0.25) is 0 Å². The summed E-state index contributed by atoms with van der Waals surface area (Å²) in [6, 6.07) is 88.3. The number of fused-ring (bicyclic) bond motifs is 7. The molecule has 10 aromatic carbocycles. The Labute approximate surface area is 393 Å². The molecule has 0 spiro atoms. The molecule has 3 aromatic heterocycles. The summed E-state index contributed by atoms with van der Waals surface area (Å²) < 4.78 is 4.75. The average Bonchev–Trinajstić information content (AvgIpc) is 3.95. The van der Waals surface area contributed by atoms with E-state index < -0.39 is 0 Å². The zero-order valence-electron chi connectivity index (χ0n) is 36.9. The largest absolute Gasteiger partial charge is 0.307 e. The summed E-state index contributed by atoms with van der Waals surface area (Å²) in [5.41, 5.74) is 16.3. The van der Waals surface area contributed by atoms with Gasteiger partial charge in [-0.05, 0) is 57.6 Å². The third-order valence-corrected chi connectivity index (χ3v) is 13.2. The van der Waals surface area contributed by atoms with Gasteiger partial charge in [-0.2, -0.15) is 9.97 Å². The average molecular weight is 868 g/mol. The van der Waals surface area contributed by atoms with Crippen LogP contribution in [0.3, 0.4) is 0 Å². The molecule has 0 saturated heterocycles. The molecule has 0 atom stereocenters. The van der Waals surface area contributed by atoms with Crippen LogP contribution < -0.4 is 0 Å². The Kier molecular flexibility index (Phi) is 9.43. The van der Waals surface area contributed by atoms with E-state index in [2.05, 4.69) is 221 Å². The Bertz CT molecular complexity index is 3900. The van der Waals surface area contributed by atoms with Crippen LogP contribution in [-0.4, -0.2) is 24.1 Å². The second kappa shape index (κ2) is 16.4. The first-order valence-electron chi connectivity index (χ1n) is 23.0. The van der Waals surface area contributed by atoms with E-state index >= 15 is 0 Å². The molecule has 0 saturated carbocycles. The molecule has 0 aliphatic rings. The Morgan fingerprint density at radius 3 is 1.01 bits per heavy atom. The Morgan fingerprint density at radius 2 is 0.574 bits per heavy atom. The molecule has 68 heavy (non-hydrogen) atoms. The molecule has 5 heteroatoms. The molecule has 0 N–H and O–H groups in total. The lowest BCUT2D eigenvalue weighted by Gasteiger charge is -2.19. The Hall–Kier alpha value is -9.19. The van der Waals surface area contributed by atoms with Crippen LogP contribution in [-0.2, 0) is 0 Å². The molecule has 13 rings (SSSR count). The summed E-state index contributed by atoms with van der Waals surface area (Å²) in [5, 5.41) is 4.52. The number of benzene rings is 10. The maximum absolute atomic E-state index is 5.43. The van der Waals surface area contributed by atoms with Gasteiger partial charge in [-0.3, -0.25) is 4.57 Å². The van der Waals surface area contributed by atoms with Crippen LogP contribution in [0.25, 0.3) is 123 Å². The lowest BCUT2D eigenvalue weighted by atomic mass is 9.86. The lowest BCUT2D eigenvalue weighted by molar-refractivity contribution is 0.953. The van der Waals surface area contributed by atoms with Gasteiger partial charge in [0.25, 0.3) is 0 Å². The fourth-order valence-corrected chi connectivity index (χ4v) is 10.1. The Morgan fingerprint density at radius 1 is 0.250 bits per heavy atom. The van der Waals surface area contributed by atoms with Crippen molar-refractivity contribution >= 4 is 43.6 Å². The van der Waals surface area contributed by atoms with Crippen molar-refractivity contribution in [1.82, 2.24) is 24.1 Å². The molecule has 0 radical (unpaired) electrons. The molecule has 0 fully saturated rings. The SMILES string of the molecule is c1ccc(-c2ccc(-c3c(-c4ccc(-c5ccccc5)cc4)c4c5ccccc5n(-c5nc(-c6ccccc6)nc(-c6ccccc6)n5)c4c4c3c3ccccc3n4-c3ccccc3)cc2)cc1. The van der Waals surface area contributed by atoms with E-state index in [0.29, 0.717) is 17.6 Å². The van der Waals surface area contributed by atoms with Crippen LogP contribution in [0.15, 0.2) is 249 Å². The van der Waals surface area contributed by atoms with Crippen LogP contribution in [0, 0.1) is 0 Å². The van der Waals surface area contributed by atoms with Gasteiger partial charge in [0.15, 0.2) is 11.6 Å². The van der Waals surface area contributed by atoms with Crippen molar-refractivity contribution in [2.75, 3.05) is 0 Å². The second-order valence-corrected chi connectivity index (χ2v) is 17.1. The van der Waals surface area contributed by atoms with E-state index in [-0.39, 0.29) is 0 Å². The third kappa shape index (κ3) is 6.51. The van der Waals surface area contributed by atoms with Crippen LogP contribution >= 0.6 is 0 Å². The van der Waals surface area contributed by atoms with Crippen molar-refractivity contribution in [1.29, 1.82) is 0 Å². The first kappa shape index (κ1) is 39.2. The molecular formula is C63H41N5. The van der Waals surface area contributed by atoms with Gasteiger partial charge in [0.05, 0.1) is 22.1 Å². The van der Waals surface area contributed by atoms with Crippen molar-refractivity contribution in [3.8, 4) is 78.9 Å². The minimum absolute atomic E-state index is 0.542. The monoisotopic (exact) mass is 867 g/mol. The zero-order chi connectivity index (χ0) is 45.0. The summed E-state index contributed by atoms with van der Waals surface area (Å²) in [7, 11) is 0. The minimum Gasteiger partial charge on any atom is -0.307 e. The summed E-state index contributed by atoms with van der Waals surface area (Å²) in [6.07, 6.45) is 0. The fourth-order valence-electron chi connectivity index (χ4n) is 10.1. The molecule has 13 aromatic rings. The topological polar surface area (TPSA) is 48.5 Å². The first-order chi connectivity index (χ1) is 33.8. The zero-order valence-corrected chi connectivity index (χ0v) is 36.9. The third-order valence-electron chi connectivity index (χ3n) is 13.2. The van der Waals surface area contributed by atoms with Crippen LogP contribution in [0.5, 0.6) is 0 Å². The van der Waals surface area contributed by atoms with Gasteiger partial charge < -0.3 is 4.57 Å². The van der Waals surface area contributed by atoms with Gasteiger partial charge in [0.1, 0.15) is 0 Å². The first-order valence-corrected chi connectivity index (χ1v) is 23.0. The van der Waals surface area contributed by atoms with Gasteiger partial charge in [-0.1, -0.05) is 224 Å². The van der Waals surface area contributed by atoms with Crippen LogP contribution in [0.1, 0.15) is 0 Å². The van der Waals surface area contributed by atoms with E-state index in [1.165, 1.54) is 22.3 Å². The normalized spacial score (nSPS) is 11.5. The van der Waals surface area contributed by atoms with Crippen molar-refractivity contribution in [3.63, 3.8) is 0 Å². The predicted octanol–water partition coefficient (Wildman–Crippen LogP) is 16.1. The number of hydrogen-bond donors (Lipinski definition) is 0. The van der Waals surface area contributed by atoms with Gasteiger partial charge in [0, 0.05) is 49.5 Å². The van der Waals surface area contributed by atoms with Crippen molar-refractivity contribution in [2.45, 2.75) is 0 Å². The van der Waals surface area contributed by atoms with E-state index in [1.807, 2.05) is 36.4 Å². The molecule has 318 valence electrons. The number of rotatable bonds is 8. The molecular weight excluding hydrogens is 827 g/mol. The Balaban J connectivity index is 1.24. The van der Waals surface area contributed by atoms with Crippen LogP contribution in [0.4, 0.5) is 0 Å². The van der Waals surface area contributed by atoms with E-state index in [9.17, 15) is 0 Å². The van der Waals surface area contributed by atoms with Gasteiger partial charge >= 0.3 is 0 Å². The second-order valence-electron chi connectivity index (χ2n) is 17.1. The maximum atomic E-state index is 5.43. The molecule has 0 aliphatic heterocycles. The summed E-state index contributed by atoms with van der Waals surface area (Å²) in [4.78, 5) is 16.0. The maximum Gasteiger partial charge on any atom is 0.238 e. The molecule has 5 nitrogen and oxygen atoms in total. The van der Waals surface area contributed by atoms with Crippen molar-refractivity contribution in [3.05, 3.63) is 249 Å². The van der Waals surface area contributed by atoms with Crippen molar-refractivity contribution in [2.24, 2.45) is 0 Å². The molecule has 0 bridgehead atoms. The molecule has 3 heterocycles. The highest BCUT2D eigenvalue weighted by Crippen LogP contribution is 2.52. The molecule has 0 unspecified atom stereocenters. The van der Waals surface area contributed by atoms with Gasteiger partial charge in [0.2, 0.25) is 5.95 Å². The summed E-state index contributed by atoms with van der Waals surface area (Å²) >= 11 is 0.